The van der Waals surface area contributed by atoms with Gasteiger partial charge in [0.2, 0.25) is 0 Å². The van der Waals surface area contributed by atoms with Crippen LogP contribution in [0, 0.1) is 0 Å². The first-order chi connectivity index (χ1) is 15.1. The van der Waals surface area contributed by atoms with Gasteiger partial charge in [-0.15, -0.1) is 0 Å². The molecule has 0 aromatic heterocycles. The number of hydrogen-bond donors (Lipinski definition) is 2. The molecular formula is C23H26F3NO5. The lowest BCUT2D eigenvalue weighted by Gasteiger charge is -2.16. The molecule has 0 aliphatic rings. The maximum absolute atomic E-state index is 12.8. The molecule has 6 nitrogen and oxygen atoms in total. The molecule has 9 heteroatoms. The van der Waals surface area contributed by atoms with Crippen molar-refractivity contribution < 1.29 is 37.3 Å². The van der Waals surface area contributed by atoms with Crippen molar-refractivity contribution in [1.29, 1.82) is 0 Å². The molecule has 0 heterocycles. The minimum absolute atomic E-state index is 0.167. The van der Waals surface area contributed by atoms with E-state index >= 15 is 0 Å². The summed E-state index contributed by atoms with van der Waals surface area (Å²) in [7, 11) is 0. The van der Waals surface area contributed by atoms with Gasteiger partial charge >= 0.3 is 12.1 Å². The van der Waals surface area contributed by atoms with Crippen LogP contribution in [0.15, 0.2) is 48.5 Å². The molecule has 0 aliphatic heterocycles. The molecule has 32 heavy (non-hydrogen) atoms. The van der Waals surface area contributed by atoms with Crippen molar-refractivity contribution in [3.05, 3.63) is 65.2 Å². The summed E-state index contributed by atoms with van der Waals surface area (Å²) >= 11 is 0. The van der Waals surface area contributed by atoms with Crippen molar-refractivity contribution in [2.75, 3.05) is 13.2 Å². The monoisotopic (exact) mass is 453 g/mol. The topological polar surface area (TPSA) is 84.9 Å². The van der Waals surface area contributed by atoms with E-state index in [1.54, 1.807) is 44.2 Å². The third-order valence-corrected chi connectivity index (χ3v) is 4.64. The number of carboxylic acids is 1. The van der Waals surface area contributed by atoms with Gasteiger partial charge in [-0.2, -0.15) is 13.2 Å². The first-order valence-corrected chi connectivity index (χ1v) is 10.1. The zero-order valence-electron chi connectivity index (χ0n) is 17.8. The molecule has 0 radical (unpaired) electrons. The van der Waals surface area contributed by atoms with Crippen LogP contribution in [-0.2, 0) is 33.3 Å². The van der Waals surface area contributed by atoms with Gasteiger partial charge in [0.05, 0.1) is 5.56 Å². The van der Waals surface area contributed by atoms with E-state index in [0.717, 1.165) is 17.7 Å². The van der Waals surface area contributed by atoms with Crippen molar-refractivity contribution >= 4 is 11.9 Å². The first kappa shape index (κ1) is 25.2. The number of aliphatic carboxylic acids is 1. The molecule has 0 saturated carbocycles. The summed E-state index contributed by atoms with van der Waals surface area (Å²) in [6.45, 7) is 3.74. The number of carbonyl (C=O) groups excluding carboxylic acids is 1. The van der Waals surface area contributed by atoms with E-state index < -0.39 is 35.8 Å². The molecule has 1 amide bonds. The molecule has 2 N–H and O–H groups in total. The lowest BCUT2D eigenvalue weighted by Crippen LogP contribution is -2.37. The molecule has 0 saturated heterocycles. The summed E-state index contributed by atoms with van der Waals surface area (Å²) in [5.74, 6) is -1.01. The molecule has 2 rings (SSSR count). The van der Waals surface area contributed by atoms with Crippen molar-refractivity contribution in [3.8, 4) is 5.75 Å². The average Bonchev–Trinajstić information content (AvgIpc) is 2.74. The number of carbonyl (C=O) groups is 2. The second kappa shape index (κ2) is 11.5. The fourth-order valence-corrected chi connectivity index (χ4v) is 2.97. The van der Waals surface area contributed by atoms with Crippen LogP contribution in [-0.4, -0.2) is 42.3 Å². The second-order valence-corrected chi connectivity index (χ2v) is 7.13. The predicted molar refractivity (Wildman–Crippen MR) is 111 cm³/mol. The quantitative estimate of drug-likeness (QED) is 0.540. The van der Waals surface area contributed by atoms with Crippen molar-refractivity contribution in [1.82, 2.24) is 5.32 Å². The Hall–Kier alpha value is -3.07. The van der Waals surface area contributed by atoms with Gasteiger partial charge in [-0.3, -0.25) is 4.79 Å². The normalized spacial score (nSPS) is 13.3. The highest BCUT2D eigenvalue weighted by atomic mass is 19.4. The van der Waals surface area contributed by atoms with Crippen molar-refractivity contribution in [2.24, 2.45) is 0 Å². The van der Waals surface area contributed by atoms with E-state index in [2.05, 4.69) is 5.32 Å². The van der Waals surface area contributed by atoms with Gasteiger partial charge < -0.3 is 19.9 Å². The Labute approximate surface area is 184 Å². The Morgan fingerprint density at radius 1 is 1.09 bits per heavy atom. The van der Waals surface area contributed by atoms with Gasteiger partial charge in [-0.05, 0) is 49.6 Å². The van der Waals surface area contributed by atoms with Gasteiger partial charge in [-0.25, -0.2) is 4.79 Å². The molecule has 2 atom stereocenters. The molecule has 174 valence electrons. The number of halogens is 3. The molecule has 2 aromatic carbocycles. The van der Waals surface area contributed by atoms with E-state index in [9.17, 15) is 22.8 Å². The summed E-state index contributed by atoms with van der Waals surface area (Å²) in [6, 6.07) is 11.6. The first-order valence-electron chi connectivity index (χ1n) is 10.1. The maximum atomic E-state index is 12.8. The Kier molecular flexibility index (Phi) is 9.07. The van der Waals surface area contributed by atoms with Gasteiger partial charge in [0, 0.05) is 19.6 Å². The summed E-state index contributed by atoms with van der Waals surface area (Å²) in [5.41, 5.74) is 0.491. The predicted octanol–water partition coefficient (Wildman–Crippen LogP) is 3.86. The Bertz CT molecular complexity index is 899. The van der Waals surface area contributed by atoms with E-state index in [4.69, 9.17) is 14.6 Å². The molecule has 2 aromatic rings. The Morgan fingerprint density at radius 2 is 1.78 bits per heavy atom. The number of alkyl halides is 3. The Balaban J connectivity index is 1.83. The maximum Gasteiger partial charge on any atom is 0.416 e. The van der Waals surface area contributed by atoms with Crippen LogP contribution in [0.25, 0.3) is 0 Å². The average molecular weight is 453 g/mol. The number of carboxylic acid groups (broad SMARTS) is 1. The van der Waals surface area contributed by atoms with E-state index in [1.807, 2.05) is 0 Å². The fourth-order valence-electron chi connectivity index (χ4n) is 2.97. The molecule has 0 spiro atoms. The van der Waals surface area contributed by atoms with Crippen LogP contribution in [0.4, 0.5) is 13.2 Å². The van der Waals surface area contributed by atoms with Crippen molar-refractivity contribution in [3.63, 3.8) is 0 Å². The summed E-state index contributed by atoms with van der Waals surface area (Å²) in [4.78, 5) is 23.4. The smallest absolute Gasteiger partial charge is 0.416 e. The molecule has 0 fully saturated rings. The second-order valence-electron chi connectivity index (χ2n) is 7.13. The minimum Gasteiger partial charge on any atom is -0.481 e. The van der Waals surface area contributed by atoms with Crippen LogP contribution < -0.4 is 10.1 Å². The number of rotatable bonds is 11. The largest absolute Gasteiger partial charge is 0.481 e. The third kappa shape index (κ3) is 7.88. The van der Waals surface area contributed by atoms with Gasteiger partial charge in [-0.1, -0.05) is 30.3 Å². The highest BCUT2D eigenvalue weighted by Gasteiger charge is 2.30. The SMILES string of the molecule is CCOC(Cc1ccc(OC(C)C(=O)NCCc2cccc(C(F)(F)F)c2)cc1)C(=O)O. The van der Waals surface area contributed by atoms with Crippen LogP contribution in [0.2, 0.25) is 0 Å². The Morgan fingerprint density at radius 3 is 2.38 bits per heavy atom. The van der Waals surface area contributed by atoms with Crippen molar-refractivity contribution in [2.45, 2.75) is 45.1 Å². The number of nitrogens with one attached hydrogen (secondary N) is 1. The summed E-state index contributed by atoms with van der Waals surface area (Å²) in [5, 5.41) is 11.8. The van der Waals surface area contributed by atoms with Crippen LogP contribution in [0.3, 0.4) is 0 Å². The van der Waals surface area contributed by atoms with Crippen LogP contribution >= 0.6 is 0 Å². The minimum atomic E-state index is -4.41. The number of amides is 1. The summed E-state index contributed by atoms with van der Waals surface area (Å²) < 4.78 is 49.1. The zero-order chi connectivity index (χ0) is 23.7. The highest BCUT2D eigenvalue weighted by molar-refractivity contribution is 5.80. The fraction of sp³-hybridized carbons (Fsp3) is 0.391. The molecular weight excluding hydrogens is 427 g/mol. The number of ether oxygens (including phenoxy) is 2. The number of benzene rings is 2. The zero-order valence-corrected chi connectivity index (χ0v) is 17.8. The summed E-state index contributed by atoms with van der Waals surface area (Å²) in [6.07, 6.45) is -5.71. The van der Waals surface area contributed by atoms with Crippen LogP contribution in [0.1, 0.15) is 30.5 Å². The lowest BCUT2D eigenvalue weighted by atomic mass is 10.1. The van der Waals surface area contributed by atoms with Gasteiger partial charge in [0.15, 0.2) is 12.2 Å². The van der Waals surface area contributed by atoms with Crippen LogP contribution in [0.5, 0.6) is 5.75 Å². The van der Waals surface area contributed by atoms with E-state index in [-0.39, 0.29) is 19.4 Å². The van der Waals surface area contributed by atoms with E-state index in [1.165, 1.54) is 6.07 Å². The van der Waals surface area contributed by atoms with E-state index in [0.29, 0.717) is 17.9 Å². The standard InChI is InChI=1S/C23H26F3NO5/c1-3-31-20(22(29)30)14-17-7-9-19(10-8-17)32-15(2)21(28)27-12-11-16-5-4-6-18(13-16)23(24,25)26/h4-10,13,15,20H,3,11-12,14H2,1-2H3,(H,27,28)(H,29,30). The molecule has 2 unspecified atom stereocenters. The third-order valence-electron chi connectivity index (χ3n) is 4.64. The van der Waals surface area contributed by atoms with Gasteiger partial charge in [0.1, 0.15) is 5.75 Å². The molecule has 0 aliphatic carbocycles. The van der Waals surface area contributed by atoms with Gasteiger partial charge in [0.25, 0.3) is 5.91 Å². The lowest BCUT2D eigenvalue weighted by molar-refractivity contribution is -0.150. The number of hydrogen-bond acceptors (Lipinski definition) is 4. The molecule has 0 bridgehead atoms. The highest BCUT2D eigenvalue weighted by Crippen LogP contribution is 2.29.